The number of hydrogen-bond acceptors (Lipinski definition) is 6. The van der Waals surface area contributed by atoms with Gasteiger partial charge in [0.1, 0.15) is 5.82 Å². The SMILES string of the molecule is COC(=O)NC(=O)[C@H](C)Sc1nnc(C)n1-c1ccccc1. The second kappa shape index (κ2) is 7.08. The van der Waals surface area contributed by atoms with E-state index in [4.69, 9.17) is 0 Å². The van der Waals surface area contributed by atoms with Crippen LogP contribution >= 0.6 is 11.8 Å². The second-order valence-corrected chi connectivity index (χ2v) is 5.75. The van der Waals surface area contributed by atoms with Crippen LogP contribution in [0.5, 0.6) is 0 Å². The summed E-state index contributed by atoms with van der Waals surface area (Å²) in [5.74, 6) is 0.270. The molecule has 8 heteroatoms. The summed E-state index contributed by atoms with van der Waals surface area (Å²) < 4.78 is 6.26. The van der Waals surface area contributed by atoms with Gasteiger partial charge in [0.05, 0.1) is 12.4 Å². The molecule has 1 aromatic heterocycles. The van der Waals surface area contributed by atoms with Gasteiger partial charge in [0.25, 0.3) is 0 Å². The van der Waals surface area contributed by atoms with E-state index < -0.39 is 17.3 Å². The van der Waals surface area contributed by atoms with E-state index in [9.17, 15) is 9.59 Å². The van der Waals surface area contributed by atoms with Crippen molar-refractivity contribution >= 4 is 23.8 Å². The highest BCUT2D eigenvalue weighted by molar-refractivity contribution is 8.00. The molecule has 1 heterocycles. The number of rotatable bonds is 4. The molecule has 7 nitrogen and oxygen atoms in total. The average Bonchev–Trinajstić information content (AvgIpc) is 2.88. The molecule has 0 bridgehead atoms. The number of hydrogen-bond donors (Lipinski definition) is 1. The van der Waals surface area contributed by atoms with Crippen LogP contribution in [0, 0.1) is 6.92 Å². The minimum absolute atomic E-state index is 0.447. The summed E-state index contributed by atoms with van der Waals surface area (Å²) >= 11 is 1.22. The Morgan fingerprint density at radius 3 is 2.59 bits per heavy atom. The van der Waals surface area contributed by atoms with Crippen LogP contribution in [0.25, 0.3) is 5.69 Å². The highest BCUT2D eigenvalue weighted by atomic mass is 32.2. The number of para-hydroxylation sites is 1. The highest BCUT2D eigenvalue weighted by Gasteiger charge is 2.21. The predicted octanol–water partition coefficient (Wildman–Crippen LogP) is 1.94. The molecule has 2 rings (SSSR count). The van der Waals surface area contributed by atoms with Crippen molar-refractivity contribution in [3.8, 4) is 5.69 Å². The first-order chi connectivity index (χ1) is 10.5. The molecular formula is C14H16N4O3S. The molecular weight excluding hydrogens is 304 g/mol. The Balaban J connectivity index is 2.17. The maximum absolute atomic E-state index is 11.9. The number of nitrogens with one attached hydrogen (secondary N) is 1. The summed E-state index contributed by atoms with van der Waals surface area (Å²) in [5.41, 5.74) is 0.910. The van der Waals surface area contributed by atoms with Gasteiger partial charge in [0.15, 0.2) is 5.16 Å². The highest BCUT2D eigenvalue weighted by Crippen LogP contribution is 2.25. The molecule has 0 fully saturated rings. The third-order valence-electron chi connectivity index (χ3n) is 2.87. The molecule has 1 aromatic carbocycles. The standard InChI is InChI=1S/C14H16N4O3S/c1-9(12(19)15-14(20)21-3)22-13-17-16-10(2)18(13)11-7-5-4-6-8-11/h4-9H,1-3H3,(H,15,19,20)/t9-/m0/s1. The molecule has 1 N–H and O–H groups in total. The largest absolute Gasteiger partial charge is 0.453 e. The van der Waals surface area contributed by atoms with E-state index in [0.717, 1.165) is 5.69 Å². The number of aryl methyl sites for hydroxylation is 1. The van der Waals surface area contributed by atoms with Crippen LogP contribution in [0.2, 0.25) is 0 Å². The number of carbonyl (C=O) groups is 2. The summed E-state index contributed by atoms with van der Waals surface area (Å²) in [6.07, 6.45) is -0.779. The van der Waals surface area contributed by atoms with Crippen molar-refractivity contribution in [2.75, 3.05) is 7.11 Å². The first-order valence-electron chi connectivity index (χ1n) is 6.56. The van der Waals surface area contributed by atoms with Gasteiger partial charge in [0.2, 0.25) is 5.91 Å². The molecule has 0 saturated carbocycles. The Morgan fingerprint density at radius 2 is 1.95 bits per heavy atom. The summed E-state index contributed by atoms with van der Waals surface area (Å²) in [7, 11) is 1.20. The zero-order valence-corrected chi connectivity index (χ0v) is 13.3. The van der Waals surface area contributed by atoms with Crippen LogP contribution in [-0.2, 0) is 9.53 Å². The van der Waals surface area contributed by atoms with Gasteiger partial charge in [-0.05, 0) is 26.0 Å². The Hall–Kier alpha value is -2.35. The molecule has 116 valence electrons. The van der Waals surface area contributed by atoms with Crippen LogP contribution in [0.15, 0.2) is 35.5 Å². The number of benzene rings is 1. The van der Waals surface area contributed by atoms with Gasteiger partial charge in [0, 0.05) is 5.69 Å². The molecule has 0 aliphatic heterocycles. The molecule has 0 radical (unpaired) electrons. The average molecular weight is 320 g/mol. The molecule has 0 aliphatic rings. The zero-order chi connectivity index (χ0) is 16.1. The number of amides is 2. The fourth-order valence-corrected chi connectivity index (χ4v) is 2.67. The third kappa shape index (κ3) is 3.64. The Kier molecular flexibility index (Phi) is 5.16. The zero-order valence-electron chi connectivity index (χ0n) is 12.4. The third-order valence-corrected chi connectivity index (χ3v) is 3.91. The van der Waals surface area contributed by atoms with Crippen LogP contribution in [0.4, 0.5) is 4.79 Å². The van der Waals surface area contributed by atoms with Crippen molar-refractivity contribution in [1.82, 2.24) is 20.1 Å². The maximum Gasteiger partial charge on any atom is 0.413 e. The summed E-state index contributed by atoms with van der Waals surface area (Å²) in [6.45, 7) is 3.52. The van der Waals surface area contributed by atoms with Crippen molar-refractivity contribution in [2.45, 2.75) is 24.3 Å². The lowest BCUT2D eigenvalue weighted by molar-refractivity contribution is -0.119. The van der Waals surface area contributed by atoms with E-state index in [1.165, 1.54) is 18.9 Å². The molecule has 0 spiro atoms. The van der Waals surface area contributed by atoms with Gasteiger partial charge in [-0.1, -0.05) is 30.0 Å². The van der Waals surface area contributed by atoms with Gasteiger partial charge in [-0.2, -0.15) is 0 Å². The Morgan fingerprint density at radius 1 is 1.27 bits per heavy atom. The van der Waals surface area contributed by atoms with E-state index in [0.29, 0.717) is 11.0 Å². The van der Waals surface area contributed by atoms with Gasteiger partial charge in [-0.25, -0.2) is 4.79 Å². The van der Waals surface area contributed by atoms with E-state index >= 15 is 0 Å². The number of aromatic nitrogens is 3. The van der Waals surface area contributed by atoms with Crippen molar-refractivity contribution in [3.63, 3.8) is 0 Å². The monoisotopic (exact) mass is 320 g/mol. The lowest BCUT2D eigenvalue weighted by atomic mass is 10.3. The molecule has 0 aliphatic carbocycles. The second-order valence-electron chi connectivity index (χ2n) is 4.44. The van der Waals surface area contributed by atoms with Crippen molar-refractivity contribution in [1.29, 1.82) is 0 Å². The van der Waals surface area contributed by atoms with Crippen LogP contribution < -0.4 is 5.32 Å². The molecule has 1 atom stereocenters. The quantitative estimate of drug-likeness (QED) is 0.866. The predicted molar refractivity (Wildman–Crippen MR) is 82.0 cm³/mol. The van der Waals surface area contributed by atoms with E-state index in [-0.39, 0.29) is 0 Å². The summed E-state index contributed by atoms with van der Waals surface area (Å²) in [5, 5.41) is 10.3. The van der Waals surface area contributed by atoms with Gasteiger partial charge in [-0.15, -0.1) is 10.2 Å². The fraction of sp³-hybridized carbons (Fsp3) is 0.286. The number of thioether (sulfide) groups is 1. The Labute approximate surface area is 132 Å². The number of carbonyl (C=O) groups excluding carboxylic acids is 2. The van der Waals surface area contributed by atoms with Crippen molar-refractivity contribution < 1.29 is 14.3 Å². The number of methoxy groups -OCH3 is 1. The first-order valence-corrected chi connectivity index (χ1v) is 7.43. The minimum Gasteiger partial charge on any atom is -0.453 e. The number of ether oxygens (including phenoxy) is 1. The van der Waals surface area contributed by atoms with Gasteiger partial charge < -0.3 is 4.74 Å². The number of nitrogens with zero attached hydrogens (tertiary/aromatic N) is 3. The number of alkyl carbamates (subject to hydrolysis) is 1. The first kappa shape index (κ1) is 16.0. The van der Waals surface area contributed by atoms with Crippen LogP contribution in [0.1, 0.15) is 12.7 Å². The molecule has 22 heavy (non-hydrogen) atoms. The van der Waals surface area contributed by atoms with Crippen LogP contribution in [0.3, 0.4) is 0 Å². The number of imide groups is 1. The van der Waals surface area contributed by atoms with Crippen molar-refractivity contribution in [2.24, 2.45) is 0 Å². The Bertz CT molecular complexity index is 672. The fourth-order valence-electron chi connectivity index (χ4n) is 1.76. The van der Waals surface area contributed by atoms with E-state index in [1.807, 2.05) is 41.8 Å². The maximum atomic E-state index is 11.9. The van der Waals surface area contributed by atoms with Gasteiger partial charge >= 0.3 is 6.09 Å². The molecule has 0 saturated heterocycles. The van der Waals surface area contributed by atoms with Crippen molar-refractivity contribution in [3.05, 3.63) is 36.2 Å². The lowest BCUT2D eigenvalue weighted by Gasteiger charge is -2.12. The lowest BCUT2D eigenvalue weighted by Crippen LogP contribution is -2.36. The summed E-state index contributed by atoms with van der Waals surface area (Å²) in [6, 6.07) is 9.61. The topological polar surface area (TPSA) is 86.1 Å². The van der Waals surface area contributed by atoms with E-state index in [2.05, 4.69) is 20.3 Å². The van der Waals surface area contributed by atoms with Crippen LogP contribution in [-0.4, -0.2) is 39.1 Å². The molecule has 2 amide bonds. The van der Waals surface area contributed by atoms with E-state index in [1.54, 1.807) is 6.92 Å². The molecule has 0 unspecified atom stereocenters. The molecule has 2 aromatic rings. The smallest absolute Gasteiger partial charge is 0.413 e. The normalized spacial score (nSPS) is 11.8. The minimum atomic E-state index is -0.779. The van der Waals surface area contributed by atoms with Gasteiger partial charge in [-0.3, -0.25) is 14.7 Å². The summed E-state index contributed by atoms with van der Waals surface area (Å²) in [4.78, 5) is 23.0.